The monoisotopic (exact) mass is 263 g/mol. The predicted molar refractivity (Wildman–Crippen MR) is 61.1 cm³/mol. The summed E-state index contributed by atoms with van der Waals surface area (Å²) in [6.07, 6.45) is -4.57. The molecule has 0 aliphatic carbocycles. The first-order valence-corrected chi connectivity index (χ1v) is 5.09. The van der Waals surface area contributed by atoms with Crippen molar-refractivity contribution < 1.29 is 17.6 Å². The number of nitrogens with zero attached hydrogens (tertiary/aromatic N) is 1. The first-order valence-electron chi connectivity index (χ1n) is 5.09. The Bertz CT molecular complexity index is 413. The van der Waals surface area contributed by atoms with E-state index in [0.717, 1.165) is 12.1 Å². The zero-order valence-corrected chi connectivity index (χ0v) is 9.63. The zero-order chi connectivity index (χ0) is 13.9. The molecule has 100 valence electrons. The molecule has 0 fully saturated rings. The van der Waals surface area contributed by atoms with E-state index in [1.54, 1.807) is 0 Å². The second kappa shape index (κ2) is 5.24. The van der Waals surface area contributed by atoms with Gasteiger partial charge in [-0.3, -0.25) is 5.41 Å². The normalized spacial score (nSPS) is 13.2. The first-order chi connectivity index (χ1) is 8.21. The molecule has 0 saturated carbocycles. The van der Waals surface area contributed by atoms with Crippen LogP contribution in [0.3, 0.4) is 0 Å². The summed E-state index contributed by atoms with van der Waals surface area (Å²) in [6, 6.07) is 5.04. The van der Waals surface area contributed by atoms with Gasteiger partial charge < -0.3 is 10.6 Å². The molecule has 0 radical (unpaired) electrons. The maximum atomic E-state index is 12.7. The van der Waals surface area contributed by atoms with Gasteiger partial charge >= 0.3 is 6.18 Å². The fourth-order valence-electron chi connectivity index (χ4n) is 1.45. The van der Waals surface area contributed by atoms with Crippen molar-refractivity contribution in [2.75, 3.05) is 18.5 Å². The number of anilines is 1. The Hall–Kier alpha value is -1.79. The highest BCUT2D eigenvalue weighted by molar-refractivity contribution is 5.81. The molecule has 7 heteroatoms. The standard InChI is InChI=1S/C11H13F4N3/c1-18(8-4-2-7(12)3-5-8)6-9(10(16)17)11(13,14)15/h2-5,9H,6H2,1H3,(H3,16,17). The SMILES string of the molecule is CN(CC(C(=N)N)C(F)(F)F)c1ccc(F)cc1. The highest BCUT2D eigenvalue weighted by Crippen LogP contribution is 2.28. The molecule has 0 aliphatic heterocycles. The van der Waals surface area contributed by atoms with Gasteiger partial charge in [-0.1, -0.05) is 0 Å². The summed E-state index contributed by atoms with van der Waals surface area (Å²) >= 11 is 0. The van der Waals surface area contributed by atoms with Crippen molar-refractivity contribution in [3.63, 3.8) is 0 Å². The highest BCUT2D eigenvalue weighted by atomic mass is 19.4. The van der Waals surface area contributed by atoms with Gasteiger partial charge in [-0.15, -0.1) is 0 Å². The molecule has 3 N–H and O–H groups in total. The fourth-order valence-corrected chi connectivity index (χ4v) is 1.45. The average molecular weight is 263 g/mol. The van der Waals surface area contributed by atoms with Crippen LogP contribution in [0, 0.1) is 17.1 Å². The van der Waals surface area contributed by atoms with Crippen LogP contribution in [0.25, 0.3) is 0 Å². The van der Waals surface area contributed by atoms with Gasteiger partial charge in [-0.25, -0.2) is 4.39 Å². The van der Waals surface area contributed by atoms with Crippen LogP contribution in [0.5, 0.6) is 0 Å². The molecule has 0 heterocycles. The average Bonchev–Trinajstić information content (AvgIpc) is 2.24. The molecule has 0 aliphatic rings. The maximum absolute atomic E-state index is 12.7. The minimum Gasteiger partial charge on any atom is -0.387 e. The molecule has 3 nitrogen and oxygen atoms in total. The number of benzene rings is 1. The third-order valence-corrected chi connectivity index (χ3v) is 2.49. The van der Waals surface area contributed by atoms with Gasteiger partial charge in [-0.2, -0.15) is 13.2 Å². The Balaban J connectivity index is 2.82. The van der Waals surface area contributed by atoms with Crippen LogP contribution in [0.2, 0.25) is 0 Å². The van der Waals surface area contributed by atoms with Crippen molar-refractivity contribution in [3.05, 3.63) is 30.1 Å². The number of amidine groups is 1. The summed E-state index contributed by atoms with van der Waals surface area (Å²) in [7, 11) is 1.43. The van der Waals surface area contributed by atoms with E-state index in [1.165, 1.54) is 24.1 Å². The van der Waals surface area contributed by atoms with Crippen molar-refractivity contribution in [1.82, 2.24) is 0 Å². The molecule has 1 atom stereocenters. The van der Waals surface area contributed by atoms with E-state index in [2.05, 4.69) is 0 Å². The lowest BCUT2D eigenvalue weighted by molar-refractivity contribution is -0.153. The minimum absolute atomic E-state index is 0.423. The van der Waals surface area contributed by atoms with Crippen molar-refractivity contribution in [3.8, 4) is 0 Å². The number of alkyl halides is 3. The van der Waals surface area contributed by atoms with Crippen LogP contribution >= 0.6 is 0 Å². The van der Waals surface area contributed by atoms with E-state index >= 15 is 0 Å². The summed E-state index contributed by atoms with van der Waals surface area (Å²) in [5, 5.41) is 6.97. The number of rotatable bonds is 4. The predicted octanol–water partition coefficient (Wildman–Crippen LogP) is 2.38. The molecule has 0 spiro atoms. The molecular weight excluding hydrogens is 250 g/mol. The molecule has 18 heavy (non-hydrogen) atoms. The number of halogens is 4. The second-order valence-corrected chi connectivity index (χ2v) is 3.91. The lowest BCUT2D eigenvalue weighted by Gasteiger charge is -2.26. The van der Waals surface area contributed by atoms with Crippen LogP contribution in [0.1, 0.15) is 0 Å². The van der Waals surface area contributed by atoms with E-state index in [-0.39, 0.29) is 0 Å². The molecule has 0 aromatic heterocycles. The Labute approximate surface area is 102 Å². The second-order valence-electron chi connectivity index (χ2n) is 3.91. The van der Waals surface area contributed by atoms with Gasteiger partial charge in [0.15, 0.2) is 0 Å². The smallest absolute Gasteiger partial charge is 0.387 e. The molecule has 0 amide bonds. The van der Waals surface area contributed by atoms with Crippen LogP contribution in [-0.4, -0.2) is 25.6 Å². The largest absolute Gasteiger partial charge is 0.400 e. The molecule has 0 bridgehead atoms. The summed E-state index contributed by atoms with van der Waals surface area (Å²) in [5.41, 5.74) is 5.37. The molecule has 1 aromatic carbocycles. The topological polar surface area (TPSA) is 53.1 Å². The number of nitrogens with two attached hydrogens (primary N) is 1. The van der Waals surface area contributed by atoms with Crippen LogP contribution in [0.15, 0.2) is 24.3 Å². The minimum atomic E-state index is -4.57. The van der Waals surface area contributed by atoms with Crippen LogP contribution in [-0.2, 0) is 0 Å². The van der Waals surface area contributed by atoms with Gasteiger partial charge in [0.2, 0.25) is 0 Å². The van der Waals surface area contributed by atoms with Crippen molar-refractivity contribution >= 4 is 11.5 Å². The number of hydrogen-bond donors (Lipinski definition) is 2. The van der Waals surface area contributed by atoms with E-state index in [0.29, 0.717) is 5.69 Å². The summed E-state index contributed by atoms with van der Waals surface area (Å²) in [6.45, 7) is -0.482. The van der Waals surface area contributed by atoms with E-state index < -0.39 is 30.3 Å². The number of hydrogen-bond acceptors (Lipinski definition) is 2. The Kier molecular flexibility index (Phi) is 4.15. The van der Waals surface area contributed by atoms with E-state index in [1.807, 2.05) is 0 Å². The maximum Gasteiger partial charge on any atom is 0.400 e. The van der Waals surface area contributed by atoms with Crippen molar-refractivity contribution in [2.45, 2.75) is 6.18 Å². The third-order valence-electron chi connectivity index (χ3n) is 2.49. The molecule has 1 aromatic rings. The third kappa shape index (κ3) is 3.61. The van der Waals surface area contributed by atoms with Gasteiger partial charge in [-0.05, 0) is 24.3 Å². The lowest BCUT2D eigenvalue weighted by Crippen LogP contribution is -2.43. The molecule has 1 unspecified atom stereocenters. The van der Waals surface area contributed by atoms with Gasteiger partial charge in [0.25, 0.3) is 0 Å². The van der Waals surface area contributed by atoms with Gasteiger partial charge in [0.05, 0.1) is 0 Å². The van der Waals surface area contributed by atoms with Gasteiger partial charge in [0.1, 0.15) is 17.6 Å². The quantitative estimate of drug-likeness (QED) is 0.498. The summed E-state index contributed by atoms with van der Waals surface area (Å²) < 4.78 is 50.5. The molecule has 1 rings (SSSR count). The van der Waals surface area contributed by atoms with Crippen LogP contribution in [0.4, 0.5) is 23.2 Å². The molecular formula is C11H13F4N3. The van der Waals surface area contributed by atoms with Crippen molar-refractivity contribution in [2.24, 2.45) is 11.7 Å². The fraction of sp³-hybridized carbons (Fsp3) is 0.364. The van der Waals surface area contributed by atoms with Gasteiger partial charge in [0, 0.05) is 19.3 Å². The first kappa shape index (κ1) is 14.3. The van der Waals surface area contributed by atoms with Crippen molar-refractivity contribution in [1.29, 1.82) is 5.41 Å². The van der Waals surface area contributed by atoms with E-state index in [4.69, 9.17) is 11.1 Å². The van der Waals surface area contributed by atoms with E-state index in [9.17, 15) is 17.6 Å². The Morgan fingerprint density at radius 2 is 1.83 bits per heavy atom. The lowest BCUT2D eigenvalue weighted by atomic mass is 10.1. The number of nitrogens with one attached hydrogen (secondary N) is 1. The Morgan fingerprint density at radius 3 is 2.22 bits per heavy atom. The molecule has 0 saturated heterocycles. The Morgan fingerprint density at radius 1 is 1.33 bits per heavy atom. The zero-order valence-electron chi connectivity index (χ0n) is 9.63. The highest BCUT2D eigenvalue weighted by Gasteiger charge is 2.42. The van der Waals surface area contributed by atoms with Crippen LogP contribution < -0.4 is 10.6 Å². The summed E-state index contributed by atoms with van der Waals surface area (Å²) in [5.74, 6) is -3.44. The summed E-state index contributed by atoms with van der Waals surface area (Å²) in [4.78, 5) is 1.28.